The molecule has 7 nitrogen and oxygen atoms in total. The summed E-state index contributed by atoms with van der Waals surface area (Å²) < 4.78 is 26.8. The molecule has 0 aliphatic rings. The van der Waals surface area contributed by atoms with E-state index >= 15 is 0 Å². The van der Waals surface area contributed by atoms with Crippen LogP contribution < -0.4 is 10.6 Å². The van der Waals surface area contributed by atoms with Gasteiger partial charge in [0.2, 0.25) is 10.0 Å². The van der Waals surface area contributed by atoms with Gasteiger partial charge in [-0.3, -0.25) is 0 Å². The van der Waals surface area contributed by atoms with Gasteiger partial charge in [-0.1, -0.05) is 25.4 Å². The van der Waals surface area contributed by atoms with Crippen molar-refractivity contribution in [2.75, 3.05) is 39.0 Å². The number of hydrogen-bond acceptors (Lipinski definition) is 5. The van der Waals surface area contributed by atoms with Crippen LogP contribution in [0.5, 0.6) is 0 Å². The van der Waals surface area contributed by atoms with Gasteiger partial charge < -0.3 is 15.5 Å². The monoisotopic (exact) mass is 458 g/mol. The number of likely N-dealkylation sites (N-methyl/N-ethyl adjacent to an activating group) is 1. The Morgan fingerprint density at radius 1 is 1.21 bits per heavy atom. The quantitative estimate of drug-likeness (QED) is 0.597. The summed E-state index contributed by atoms with van der Waals surface area (Å²) >= 11 is 7.77. The fourth-order valence-electron chi connectivity index (χ4n) is 2.89. The second-order valence-corrected chi connectivity index (χ2v) is 9.73. The van der Waals surface area contributed by atoms with Crippen molar-refractivity contribution in [1.82, 2.24) is 14.5 Å². The molecule has 2 amide bonds. The van der Waals surface area contributed by atoms with Gasteiger partial charge in [0, 0.05) is 19.6 Å². The number of thiophene rings is 1. The lowest BCUT2D eigenvalue weighted by atomic mass is 10.1. The molecule has 0 bridgehead atoms. The van der Waals surface area contributed by atoms with Crippen LogP contribution in [0, 0.1) is 0 Å². The number of halogens is 1. The van der Waals surface area contributed by atoms with Gasteiger partial charge >= 0.3 is 6.03 Å². The van der Waals surface area contributed by atoms with Crippen LogP contribution in [0.2, 0.25) is 5.02 Å². The van der Waals surface area contributed by atoms with Gasteiger partial charge in [-0.25, -0.2) is 13.2 Å². The number of urea groups is 1. The number of carbonyl (C=O) groups is 1. The molecule has 1 atom stereocenters. The number of rotatable bonds is 9. The minimum absolute atomic E-state index is 0.0249. The van der Waals surface area contributed by atoms with Gasteiger partial charge in [0.05, 0.1) is 21.6 Å². The highest BCUT2D eigenvalue weighted by molar-refractivity contribution is 7.89. The van der Waals surface area contributed by atoms with Crippen LogP contribution in [0.1, 0.15) is 25.5 Å². The summed E-state index contributed by atoms with van der Waals surface area (Å²) in [4.78, 5) is 14.5. The van der Waals surface area contributed by atoms with E-state index in [0.717, 1.165) is 5.56 Å². The Balaban J connectivity index is 2.12. The summed E-state index contributed by atoms with van der Waals surface area (Å²) in [6.45, 7) is 4.67. The largest absolute Gasteiger partial charge is 0.336 e. The average molecular weight is 459 g/mol. The van der Waals surface area contributed by atoms with Crippen molar-refractivity contribution in [2.45, 2.75) is 24.8 Å². The standard InChI is InChI=1S/C19H27ClN4O3S2/c1-5-24(6-2)29(26,27)15-7-8-16(20)17(11-15)22-19(25)21-12-18(23(3)4)14-9-10-28-13-14/h7-11,13,18H,5-6,12H2,1-4H3,(H2,21,22,25). The van der Waals surface area contributed by atoms with Crippen molar-refractivity contribution >= 4 is 44.7 Å². The smallest absolute Gasteiger partial charge is 0.319 e. The molecule has 0 spiro atoms. The van der Waals surface area contributed by atoms with Gasteiger partial charge in [0.15, 0.2) is 0 Å². The maximum Gasteiger partial charge on any atom is 0.319 e. The Morgan fingerprint density at radius 2 is 1.90 bits per heavy atom. The molecule has 0 aliphatic heterocycles. The van der Waals surface area contributed by atoms with Crippen LogP contribution in [-0.2, 0) is 10.0 Å². The Bertz CT molecular complexity index is 914. The van der Waals surface area contributed by atoms with Gasteiger partial charge in [-0.15, -0.1) is 0 Å². The normalized spacial score (nSPS) is 12.9. The van der Waals surface area contributed by atoms with Crippen molar-refractivity contribution in [3.8, 4) is 0 Å². The molecule has 1 aromatic carbocycles. The molecule has 1 aromatic heterocycles. The number of hydrogen-bond donors (Lipinski definition) is 2. The summed E-state index contributed by atoms with van der Waals surface area (Å²) in [5, 5.41) is 9.78. The molecule has 10 heteroatoms. The SMILES string of the molecule is CCN(CC)S(=O)(=O)c1ccc(Cl)c(NC(=O)NCC(c2ccsc2)N(C)C)c1. The fraction of sp³-hybridized carbons (Fsp3) is 0.421. The summed E-state index contributed by atoms with van der Waals surface area (Å²) in [6.07, 6.45) is 0. The first kappa shape index (κ1) is 23.6. The van der Waals surface area contributed by atoms with Crippen LogP contribution in [-0.4, -0.2) is 57.4 Å². The molecular formula is C19H27ClN4O3S2. The van der Waals surface area contributed by atoms with Gasteiger partial charge in [0.1, 0.15) is 0 Å². The van der Waals surface area contributed by atoms with E-state index in [1.165, 1.54) is 22.5 Å². The Kier molecular flexibility index (Phi) is 8.47. The number of benzene rings is 1. The second-order valence-electron chi connectivity index (χ2n) is 6.60. The zero-order chi connectivity index (χ0) is 21.6. The second kappa shape index (κ2) is 10.4. The van der Waals surface area contributed by atoms with E-state index in [-0.39, 0.29) is 21.6 Å². The average Bonchev–Trinajstić information content (AvgIpc) is 3.18. The van der Waals surface area contributed by atoms with Gasteiger partial charge in [0.25, 0.3) is 0 Å². The molecule has 0 saturated carbocycles. The molecule has 2 rings (SSSR count). The highest BCUT2D eigenvalue weighted by atomic mass is 35.5. The molecule has 0 saturated heterocycles. The van der Waals surface area contributed by atoms with Crippen molar-refractivity contribution in [3.05, 3.63) is 45.6 Å². The topological polar surface area (TPSA) is 81.8 Å². The molecule has 1 unspecified atom stereocenters. The molecule has 1 heterocycles. The maximum absolute atomic E-state index is 12.7. The summed E-state index contributed by atoms with van der Waals surface area (Å²) in [5.74, 6) is 0. The number of sulfonamides is 1. The third kappa shape index (κ3) is 5.93. The molecule has 0 radical (unpaired) electrons. The minimum Gasteiger partial charge on any atom is -0.336 e. The molecule has 2 N–H and O–H groups in total. The predicted octanol–water partition coefficient (Wildman–Crippen LogP) is 3.86. The zero-order valence-electron chi connectivity index (χ0n) is 17.0. The third-order valence-corrected chi connectivity index (χ3v) is 7.61. The van der Waals surface area contributed by atoms with Crippen molar-refractivity contribution in [1.29, 1.82) is 0 Å². The summed E-state index contributed by atoms with van der Waals surface area (Å²) in [5.41, 5.74) is 1.36. The first-order valence-electron chi connectivity index (χ1n) is 9.23. The van der Waals surface area contributed by atoms with Crippen molar-refractivity contribution in [2.24, 2.45) is 0 Å². The lowest BCUT2D eigenvalue weighted by molar-refractivity contribution is 0.243. The van der Waals surface area contributed by atoms with E-state index < -0.39 is 16.1 Å². The number of anilines is 1. The van der Waals surface area contributed by atoms with Crippen molar-refractivity contribution in [3.63, 3.8) is 0 Å². The highest BCUT2D eigenvalue weighted by Crippen LogP contribution is 2.27. The van der Waals surface area contributed by atoms with E-state index in [9.17, 15) is 13.2 Å². The number of nitrogens with one attached hydrogen (secondary N) is 2. The predicted molar refractivity (Wildman–Crippen MR) is 119 cm³/mol. The van der Waals surface area contributed by atoms with Gasteiger partial charge in [-0.2, -0.15) is 15.6 Å². The van der Waals surface area contributed by atoms with Crippen LogP contribution in [0.25, 0.3) is 0 Å². The molecule has 160 valence electrons. The van der Waals surface area contributed by atoms with E-state index in [1.807, 2.05) is 35.8 Å². The molecule has 2 aromatic rings. The molecule has 29 heavy (non-hydrogen) atoms. The zero-order valence-corrected chi connectivity index (χ0v) is 19.4. The Hall–Kier alpha value is -1.65. The van der Waals surface area contributed by atoms with E-state index in [4.69, 9.17) is 11.6 Å². The Labute approximate surface area is 181 Å². The summed E-state index contributed by atoms with van der Waals surface area (Å²) in [6, 6.07) is 5.90. The maximum atomic E-state index is 12.7. The van der Waals surface area contributed by atoms with Crippen molar-refractivity contribution < 1.29 is 13.2 Å². The Morgan fingerprint density at radius 3 is 2.45 bits per heavy atom. The van der Waals surface area contributed by atoms with Crippen LogP contribution >= 0.6 is 22.9 Å². The fourth-order valence-corrected chi connectivity index (χ4v) is 5.25. The highest BCUT2D eigenvalue weighted by Gasteiger charge is 2.23. The van der Waals surface area contributed by atoms with E-state index in [2.05, 4.69) is 10.6 Å². The van der Waals surface area contributed by atoms with Crippen LogP contribution in [0.4, 0.5) is 10.5 Å². The number of amides is 2. The molecule has 0 fully saturated rings. The molecule has 0 aliphatic carbocycles. The molecular weight excluding hydrogens is 432 g/mol. The lowest BCUT2D eigenvalue weighted by Gasteiger charge is -2.24. The third-order valence-electron chi connectivity index (χ3n) is 4.54. The van der Waals surface area contributed by atoms with E-state index in [1.54, 1.807) is 25.2 Å². The first-order valence-corrected chi connectivity index (χ1v) is 12.0. The number of carbonyl (C=O) groups excluding carboxylic acids is 1. The van der Waals surface area contributed by atoms with Crippen LogP contribution in [0.3, 0.4) is 0 Å². The number of nitrogens with zero attached hydrogens (tertiary/aromatic N) is 2. The van der Waals surface area contributed by atoms with Gasteiger partial charge in [-0.05, 0) is 54.7 Å². The minimum atomic E-state index is -3.65. The summed E-state index contributed by atoms with van der Waals surface area (Å²) in [7, 11) is 0.244. The first-order chi connectivity index (χ1) is 13.7. The van der Waals surface area contributed by atoms with E-state index in [0.29, 0.717) is 19.6 Å². The lowest BCUT2D eigenvalue weighted by Crippen LogP contribution is -2.36. The van der Waals surface area contributed by atoms with Crippen LogP contribution in [0.15, 0.2) is 39.9 Å².